The normalized spacial score (nSPS) is 20.6. The van der Waals surface area contributed by atoms with Crippen LogP contribution in [0.25, 0.3) is 10.4 Å². The summed E-state index contributed by atoms with van der Waals surface area (Å²) >= 11 is 0. The third-order valence-electron chi connectivity index (χ3n) is 14.4. The van der Waals surface area contributed by atoms with Crippen LogP contribution in [0.2, 0.25) is 72.5 Å². The van der Waals surface area contributed by atoms with Gasteiger partial charge in [0, 0.05) is 29.4 Å². The maximum absolute atomic E-state index is 12.5. The quantitative estimate of drug-likeness (QED) is 0.0363. The first-order chi connectivity index (χ1) is 26.6. The number of piperidine rings is 1. The summed E-state index contributed by atoms with van der Waals surface area (Å²) in [6.45, 7) is 49.8. The second kappa shape index (κ2) is 20.3. The molecular formula is C44H87N5O6Si4. The summed E-state index contributed by atoms with van der Waals surface area (Å²) in [4.78, 5) is 18.0. The van der Waals surface area contributed by atoms with Crippen molar-refractivity contribution in [1.29, 1.82) is 0 Å². The predicted molar refractivity (Wildman–Crippen MR) is 258 cm³/mol. The molecule has 1 heterocycles. The van der Waals surface area contributed by atoms with Crippen LogP contribution in [-0.4, -0.2) is 102 Å². The number of nitrogens with one attached hydrogen (secondary N) is 1. The van der Waals surface area contributed by atoms with Gasteiger partial charge in [-0.25, -0.2) is 4.79 Å². The van der Waals surface area contributed by atoms with E-state index >= 15 is 0 Å². The number of ether oxygens (including phenoxy) is 1. The highest BCUT2D eigenvalue weighted by Gasteiger charge is 2.55. The smallest absolute Gasteiger partial charge is 0.339 e. The van der Waals surface area contributed by atoms with Crippen LogP contribution in [0.5, 0.6) is 0 Å². The molecule has 1 aromatic rings. The summed E-state index contributed by atoms with van der Waals surface area (Å²) in [5.74, 6) is -0.472. The number of anilines is 1. The highest BCUT2D eigenvalue weighted by molar-refractivity contribution is 6.75. The monoisotopic (exact) mass is 894 g/mol. The SMILES string of the molecule is COC(=O)c1cc(N=[N+]=[N-])ccc1NCCCCCCN1CC(O[Si](C)(C)C(C)(C)C)C(O[Si](C)(C)C(C)(C)C)C(O[Si](C)(C)C(C)(C)C)[C@H]1CO[Si](C)(C)C(C)(C)C. The van der Waals surface area contributed by atoms with Crippen LogP contribution in [0.15, 0.2) is 23.3 Å². The van der Waals surface area contributed by atoms with Crippen LogP contribution < -0.4 is 5.32 Å². The van der Waals surface area contributed by atoms with E-state index in [4.69, 9.17) is 28.0 Å². The maximum Gasteiger partial charge on any atom is 0.339 e. The van der Waals surface area contributed by atoms with Crippen LogP contribution in [0, 0.1) is 0 Å². The Morgan fingerprint density at radius 3 is 1.73 bits per heavy atom. The molecule has 0 amide bonds. The van der Waals surface area contributed by atoms with Crippen LogP contribution in [0.3, 0.4) is 0 Å². The van der Waals surface area contributed by atoms with Crippen molar-refractivity contribution in [3.63, 3.8) is 0 Å². The summed E-state index contributed by atoms with van der Waals surface area (Å²) in [5, 5.41) is 7.19. The molecule has 11 nitrogen and oxygen atoms in total. The average Bonchev–Trinajstić information content (AvgIpc) is 3.06. The van der Waals surface area contributed by atoms with Gasteiger partial charge >= 0.3 is 5.97 Å². The molecule has 4 atom stereocenters. The number of hydrogen-bond donors (Lipinski definition) is 1. The van der Waals surface area contributed by atoms with Gasteiger partial charge in [-0.15, -0.1) is 0 Å². The molecule has 3 unspecified atom stereocenters. The molecule has 1 fully saturated rings. The lowest BCUT2D eigenvalue weighted by molar-refractivity contribution is -0.128. The molecule has 15 heteroatoms. The molecule has 1 aromatic carbocycles. The molecule has 0 spiro atoms. The van der Waals surface area contributed by atoms with Crippen molar-refractivity contribution in [2.75, 3.05) is 38.7 Å². The number of carbonyl (C=O) groups excluding carboxylic acids is 1. The summed E-state index contributed by atoms with van der Waals surface area (Å²) in [5.41, 5.74) is 10.3. The van der Waals surface area contributed by atoms with E-state index in [0.717, 1.165) is 38.8 Å². The maximum atomic E-state index is 12.5. The van der Waals surface area contributed by atoms with Crippen molar-refractivity contribution >= 4 is 50.6 Å². The number of carbonyl (C=O) groups is 1. The number of esters is 1. The third kappa shape index (κ3) is 14.5. The van der Waals surface area contributed by atoms with Gasteiger partial charge in [-0.1, -0.05) is 107 Å². The molecule has 0 bridgehead atoms. The fourth-order valence-electron chi connectivity index (χ4n) is 6.15. The van der Waals surface area contributed by atoms with E-state index < -0.39 is 39.2 Å². The first-order valence-electron chi connectivity index (χ1n) is 22.1. The Kier molecular flexibility index (Phi) is 18.5. The number of rotatable bonds is 19. The van der Waals surface area contributed by atoms with E-state index in [0.29, 0.717) is 30.1 Å². The van der Waals surface area contributed by atoms with Crippen LogP contribution in [0.4, 0.5) is 11.4 Å². The number of unbranched alkanes of at least 4 members (excludes halogenated alkanes) is 3. The average molecular weight is 895 g/mol. The van der Waals surface area contributed by atoms with Gasteiger partial charge in [-0.3, -0.25) is 4.90 Å². The second-order valence-electron chi connectivity index (χ2n) is 23.0. The molecule has 0 saturated carbocycles. The molecule has 59 heavy (non-hydrogen) atoms. The zero-order chi connectivity index (χ0) is 45.6. The summed E-state index contributed by atoms with van der Waals surface area (Å²) < 4.78 is 35.0. The minimum atomic E-state index is -2.30. The molecule has 1 aliphatic heterocycles. The van der Waals surface area contributed by atoms with E-state index in [2.05, 4.69) is 156 Å². The second-order valence-corrected chi connectivity index (χ2v) is 42.1. The topological polar surface area (TPSA) is 127 Å². The van der Waals surface area contributed by atoms with E-state index in [-0.39, 0.29) is 44.5 Å². The molecule has 0 aromatic heterocycles. The minimum Gasteiger partial charge on any atom is -0.465 e. The van der Waals surface area contributed by atoms with Crippen LogP contribution in [-0.2, 0) is 22.4 Å². The zero-order valence-corrected chi connectivity index (χ0v) is 45.4. The molecule has 1 aliphatic rings. The van der Waals surface area contributed by atoms with Crippen molar-refractivity contribution in [2.45, 2.75) is 206 Å². The summed E-state index contributed by atoms with van der Waals surface area (Å²) in [6.07, 6.45) is 3.48. The van der Waals surface area contributed by atoms with Gasteiger partial charge in [0.05, 0.1) is 43.6 Å². The van der Waals surface area contributed by atoms with Gasteiger partial charge in [-0.05, 0) is 110 Å². The zero-order valence-electron chi connectivity index (χ0n) is 41.4. The fraction of sp³-hybridized carbons (Fsp3) is 0.841. The lowest BCUT2D eigenvalue weighted by Gasteiger charge is -2.56. The molecule has 0 radical (unpaired) electrons. The Bertz CT molecular complexity index is 1570. The molecule has 1 N–H and O–H groups in total. The third-order valence-corrected chi connectivity index (χ3v) is 32.3. The highest BCUT2D eigenvalue weighted by atomic mass is 28.4. The van der Waals surface area contributed by atoms with Gasteiger partial charge < -0.3 is 27.8 Å². The van der Waals surface area contributed by atoms with Crippen molar-refractivity contribution in [1.82, 2.24) is 4.90 Å². The summed E-state index contributed by atoms with van der Waals surface area (Å²) in [7, 11) is -7.56. The van der Waals surface area contributed by atoms with E-state index in [1.54, 1.807) is 18.2 Å². The van der Waals surface area contributed by atoms with Crippen molar-refractivity contribution in [3.8, 4) is 0 Å². The van der Waals surface area contributed by atoms with Gasteiger partial charge in [0.15, 0.2) is 33.3 Å². The Labute approximate surface area is 364 Å². The Morgan fingerprint density at radius 2 is 1.24 bits per heavy atom. The van der Waals surface area contributed by atoms with Crippen molar-refractivity contribution in [2.24, 2.45) is 5.11 Å². The van der Waals surface area contributed by atoms with Crippen molar-refractivity contribution < 1.29 is 27.2 Å². The number of hydrogen-bond acceptors (Lipinski definition) is 9. The fourth-order valence-corrected chi connectivity index (χ4v) is 11.1. The van der Waals surface area contributed by atoms with E-state index in [1.807, 2.05) is 0 Å². The van der Waals surface area contributed by atoms with Gasteiger partial charge in [0.25, 0.3) is 0 Å². The molecule has 1 saturated heterocycles. The van der Waals surface area contributed by atoms with Crippen molar-refractivity contribution in [3.05, 3.63) is 34.2 Å². The lowest BCUT2D eigenvalue weighted by Crippen LogP contribution is -2.70. The molecule has 340 valence electrons. The van der Waals surface area contributed by atoms with Crippen LogP contribution >= 0.6 is 0 Å². The predicted octanol–water partition coefficient (Wildman–Crippen LogP) is 13.3. The first kappa shape index (κ1) is 53.6. The largest absolute Gasteiger partial charge is 0.465 e. The van der Waals surface area contributed by atoms with Gasteiger partial charge in [0.2, 0.25) is 0 Å². The molecule has 0 aliphatic carbocycles. The van der Waals surface area contributed by atoms with Gasteiger partial charge in [0.1, 0.15) is 0 Å². The van der Waals surface area contributed by atoms with E-state index in [1.165, 1.54) is 7.11 Å². The lowest BCUT2D eigenvalue weighted by atomic mass is 9.94. The number of azide groups is 1. The minimum absolute atomic E-state index is 0.00961. The number of methoxy groups -OCH3 is 1. The highest BCUT2D eigenvalue weighted by Crippen LogP contribution is 2.46. The Morgan fingerprint density at radius 1 is 0.746 bits per heavy atom. The number of nitrogens with zero attached hydrogens (tertiary/aromatic N) is 4. The molecule has 2 rings (SSSR count). The Hall–Kier alpha value is -1.53. The van der Waals surface area contributed by atoms with Gasteiger partial charge in [-0.2, -0.15) is 0 Å². The standard InChI is InChI=1S/C44H87N5O6Si4/c1-41(2,3)56(14,15)52-32-36-38(54-58(18,19)43(7,8)9)39(55-59(20,21)44(10,11)12)37(53-57(16,17)42(4,5)6)31-49(36)29-25-23-22-24-28-46-35-27-26-33(47-48-45)30-34(35)40(50)51-13/h26-27,30,36-39,46H,22-25,28-29,31-32H2,1-21H3/t36-,37?,38?,39?/m1/s1. The van der Waals surface area contributed by atoms with E-state index in [9.17, 15) is 4.79 Å². The summed E-state index contributed by atoms with van der Waals surface area (Å²) in [6, 6.07) is 5.04. The Balaban J connectivity index is 2.54. The number of likely N-dealkylation sites (tertiary alicyclic amines) is 1. The molecular weight excluding hydrogens is 807 g/mol. The van der Waals surface area contributed by atoms with Crippen LogP contribution in [0.1, 0.15) is 119 Å². The first-order valence-corrected chi connectivity index (χ1v) is 33.7. The number of benzene rings is 1.